The predicted molar refractivity (Wildman–Crippen MR) is 62.6 cm³/mol. The molecular formula is C11H15F3N4. The van der Waals surface area contributed by atoms with Gasteiger partial charge in [0.05, 0.1) is 0 Å². The number of halogens is 3. The molecule has 1 aromatic heterocycles. The van der Waals surface area contributed by atoms with Gasteiger partial charge in [-0.1, -0.05) is 0 Å². The second kappa shape index (κ2) is 4.62. The molecule has 0 aromatic carbocycles. The third-order valence-electron chi connectivity index (χ3n) is 3.07. The predicted octanol–water partition coefficient (Wildman–Crippen LogP) is 2.53. The van der Waals surface area contributed by atoms with Crippen molar-refractivity contribution in [1.82, 2.24) is 9.97 Å². The zero-order chi connectivity index (χ0) is 13.3. The van der Waals surface area contributed by atoms with Crippen LogP contribution in [0, 0.1) is 0 Å². The molecule has 0 amide bonds. The number of rotatable bonds is 2. The average molecular weight is 260 g/mol. The Hall–Kier alpha value is -1.53. The quantitative estimate of drug-likeness (QED) is 0.887. The van der Waals surface area contributed by atoms with E-state index in [4.69, 9.17) is 0 Å². The minimum atomic E-state index is -4.45. The van der Waals surface area contributed by atoms with Crippen molar-refractivity contribution in [3.05, 3.63) is 11.8 Å². The summed E-state index contributed by atoms with van der Waals surface area (Å²) in [4.78, 5) is 9.43. The summed E-state index contributed by atoms with van der Waals surface area (Å²) in [5, 5.41) is 2.57. The van der Waals surface area contributed by atoms with Crippen molar-refractivity contribution >= 4 is 11.8 Å². The standard InChI is InChI=1S/C11H15F3N4/c1-7-4-3-5-18(7)9-6-8(11(12,13)14)16-10(15-2)17-9/h6-7H,3-5H2,1-2H3,(H,15,16,17). The summed E-state index contributed by atoms with van der Waals surface area (Å²) in [6.07, 6.45) is -2.51. The van der Waals surface area contributed by atoms with Crippen molar-refractivity contribution < 1.29 is 13.2 Å². The maximum Gasteiger partial charge on any atom is 0.433 e. The van der Waals surface area contributed by atoms with Gasteiger partial charge in [0.15, 0.2) is 5.69 Å². The highest BCUT2D eigenvalue weighted by atomic mass is 19.4. The van der Waals surface area contributed by atoms with Gasteiger partial charge in [-0.2, -0.15) is 18.2 Å². The molecule has 0 bridgehead atoms. The van der Waals surface area contributed by atoms with Gasteiger partial charge in [0.25, 0.3) is 0 Å². The van der Waals surface area contributed by atoms with E-state index in [0.29, 0.717) is 5.82 Å². The highest BCUT2D eigenvalue weighted by Crippen LogP contribution is 2.32. The highest BCUT2D eigenvalue weighted by Gasteiger charge is 2.35. The van der Waals surface area contributed by atoms with Gasteiger partial charge in [0.1, 0.15) is 5.82 Å². The van der Waals surface area contributed by atoms with Crippen molar-refractivity contribution in [2.24, 2.45) is 0 Å². The van der Waals surface area contributed by atoms with Gasteiger partial charge in [-0.25, -0.2) is 4.98 Å². The largest absolute Gasteiger partial charge is 0.433 e. The van der Waals surface area contributed by atoms with Crippen LogP contribution in [0.1, 0.15) is 25.5 Å². The van der Waals surface area contributed by atoms with E-state index in [1.165, 1.54) is 7.05 Å². The van der Waals surface area contributed by atoms with Crippen LogP contribution < -0.4 is 10.2 Å². The summed E-state index contributed by atoms with van der Waals surface area (Å²) in [6, 6.07) is 1.23. The number of nitrogens with zero attached hydrogens (tertiary/aromatic N) is 3. The van der Waals surface area contributed by atoms with Crippen LogP contribution in [0.4, 0.5) is 24.9 Å². The first-order chi connectivity index (χ1) is 8.41. The number of aromatic nitrogens is 2. The molecule has 0 radical (unpaired) electrons. The summed E-state index contributed by atoms with van der Waals surface area (Å²) in [6.45, 7) is 2.72. The van der Waals surface area contributed by atoms with Gasteiger partial charge < -0.3 is 10.2 Å². The van der Waals surface area contributed by atoms with Gasteiger partial charge in [0, 0.05) is 25.7 Å². The van der Waals surface area contributed by atoms with E-state index in [-0.39, 0.29) is 12.0 Å². The third-order valence-corrected chi connectivity index (χ3v) is 3.07. The highest BCUT2D eigenvalue weighted by molar-refractivity contribution is 5.47. The fourth-order valence-corrected chi connectivity index (χ4v) is 2.11. The second-order valence-corrected chi connectivity index (χ2v) is 4.37. The molecule has 18 heavy (non-hydrogen) atoms. The molecule has 1 unspecified atom stereocenters. The zero-order valence-corrected chi connectivity index (χ0v) is 10.3. The van der Waals surface area contributed by atoms with Crippen molar-refractivity contribution in [3.8, 4) is 0 Å². The molecule has 0 aliphatic carbocycles. The monoisotopic (exact) mass is 260 g/mol. The molecule has 2 rings (SSSR count). The average Bonchev–Trinajstić information content (AvgIpc) is 2.73. The Bertz CT molecular complexity index is 433. The number of hydrogen-bond donors (Lipinski definition) is 1. The minimum Gasteiger partial charge on any atom is -0.357 e. The lowest BCUT2D eigenvalue weighted by atomic mass is 10.2. The molecule has 100 valence electrons. The summed E-state index contributed by atoms with van der Waals surface area (Å²) in [5.41, 5.74) is -0.907. The Morgan fingerprint density at radius 1 is 1.39 bits per heavy atom. The molecule has 1 aliphatic heterocycles. The van der Waals surface area contributed by atoms with Crippen molar-refractivity contribution in [3.63, 3.8) is 0 Å². The van der Waals surface area contributed by atoms with E-state index < -0.39 is 11.9 Å². The summed E-state index contributed by atoms with van der Waals surface area (Å²) >= 11 is 0. The van der Waals surface area contributed by atoms with Gasteiger partial charge >= 0.3 is 6.18 Å². The smallest absolute Gasteiger partial charge is 0.357 e. The number of alkyl halides is 3. The lowest BCUT2D eigenvalue weighted by Crippen LogP contribution is -2.28. The van der Waals surface area contributed by atoms with Crippen molar-refractivity contribution in [2.75, 3.05) is 23.8 Å². The SMILES string of the molecule is CNc1nc(N2CCCC2C)cc(C(F)(F)F)n1. The molecular weight excluding hydrogens is 245 g/mol. The normalized spacial score (nSPS) is 20.3. The Labute approximate surface area is 103 Å². The van der Waals surface area contributed by atoms with E-state index in [1.54, 1.807) is 0 Å². The maximum absolute atomic E-state index is 12.7. The Morgan fingerprint density at radius 3 is 2.61 bits per heavy atom. The van der Waals surface area contributed by atoms with Crippen LogP contribution in [0.3, 0.4) is 0 Å². The van der Waals surface area contributed by atoms with Crippen molar-refractivity contribution in [1.29, 1.82) is 0 Å². The number of hydrogen-bond acceptors (Lipinski definition) is 4. The van der Waals surface area contributed by atoms with E-state index >= 15 is 0 Å². The second-order valence-electron chi connectivity index (χ2n) is 4.37. The molecule has 1 saturated heterocycles. The zero-order valence-electron chi connectivity index (χ0n) is 10.3. The van der Waals surface area contributed by atoms with Crippen LogP contribution in [0.25, 0.3) is 0 Å². The van der Waals surface area contributed by atoms with Crippen LogP contribution in [-0.2, 0) is 6.18 Å². The van der Waals surface area contributed by atoms with E-state index in [2.05, 4.69) is 15.3 Å². The van der Waals surface area contributed by atoms with E-state index in [0.717, 1.165) is 25.5 Å². The Kier molecular flexibility index (Phi) is 3.32. The fraction of sp³-hybridized carbons (Fsp3) is 0.636. The number of nitrogens with one attached hydrogen (secondary N) is 1. The molecule has 1 fully saturated rings. The van der Waals surface area contributed by atoms with E-state index in [9.17, 15) is 13.2 Å². The first-order valence-electron chi connectivity index (χ1n) is 5.82. The molecule has 7 heteroatoms. The Morgan fingerprint density at radius 2 is 2.11 bits per heavy atom. The molecule has 2 heterocycles. The number of anilines is 2. The molecule has 1 aromatic rings. The van der Waals surface area contributed by atoms with Gasteiger partial charge in [0.2, 0.25) is 5.95 Å². The Balaban J connectivity index is 2.41. The molecule has 4 nitrogen and oxygen atoms in total. The van der Waals surface area contributed by atoms with Gasteiger partial charge in [-0.05, 0) is 19.8 Å². The molecule has 1 aliphatic rings. The molecule has 1 atom stereocenters. The molecule has 0 saturated carbocycles. The van der Waals surface area contributed by atoms with Crippen LogP contribution in [0.2, 0.25) is 0 Å². The lowest BCUT2D eigenvalue weighted by molar-refractivity contribution is -0.141. The lowest BCUT2D eigenvalue weighted by Gasteiger charge is -2.23. The summed E-state index contributed by atoms with van der Waals surface area (Å²) in [7, 11) is 1.51. The third kappa shape index (κ3) is 2.49. The minimum absolute atomic E-state index is 0.000995. The van der Waals surface area contributed by atoms with E-state index in [1.807, 2.05) is 11.8 Å². The summed E-state index contributed by atoms with van der Waals surface area (Å²) in [5.74, 6) is 0.339. The van der Waals surface area contributed by atoms with Crippen LogP contribution in [0.15, 0.2) is 6.07 Å². The van der Waals surface area contributed by atoms with Gasteiger partial charge in [-0.3, -0.25) is 0 Å². The first-order valence-corrected chi connectivity index (χ1v) is 5.82. The van der Waals surface area contributed by atoms with Gasteiger partial charge in [-0.15, -0.1) is 0 Å². The van der Waals surface area contributed by atoms with Crippen LogP contribution in [0.5, 0.6) is 0 Å². The van der Waals surface area contributed by atoms with Crippen molar-refractivity contribution in [2.45, 2.75) is 32.0 Å². The first kappa shape index (κ1) is 12.9. The maximum atomic E-state index is 12.7. The molecule has 1 N–H and O–H groups in total. The fourth-order valence-electron chi connectivity index (χ4n) is 2.11. The topological polar surface area (TPSA) is 41.1 Å². The van der Waals surface area contributed by atoms with Crippen LogP contribution >= 0.6 is 0 Å². The summed E-state index contributed by atoms with van der Waals surface area (Å²) < 4.78 is 38.2. The van der Waals surface area contributed by atoms with Crippen LogP contribution in [-0.4, -0.2) is 29.6 Å². The molecule has 0 spiro atoms.